The van der Waals surface area contributed by atoms with Gasteiger partial charge < -0.3 is 5.11 Å². The van der Waals surface area contributed by atoms with Gasteiger partial charge in [-0.15, -0.1) is 0 Å². The summed E-state index contributed by atoms with van der Waals surface area (Å²) in [6.45, 7) is 0. The number of phenols is 1. The number of phenolic OH excluding ortho intramolecular Hbond substituents is 1. The van der Waals surface area contributed by atoms with Crippen LogP contribution in [-0.4, -0.2) is 16.7 Å². The quantitative estimate of drug-likeness (QED) is 0.682. The van der Waals surface area contributed by atoms with Crippen molar-refractivity contribution in [3.05, 3.63) is 41.5 Å². The van der Waals surface area contributed by atoms with E-state index in [9.17, 15) is 14.7 Å². The van der Waals surface area contributed by atoms with Crippen molar-refractivity contribution in [3.8, 4) is 5.75 Å². The van der Waals surface area contributed by atoms with Gasteiger partial charge in [0, 0.05) is 10.9 Å². The second-order valence-electron chi connectivity index (χ2n) is 3.89. The standard InChI is InChI=1S/C13H8O3/c14-9-5-4-7-2-1-3-8-10(15)6-11(16)13(9)12(7)8/h1-5,14H,6H2. The maximum atomic E-state index is 11.7. The van der Waals surface area contributed by atoms with E-state index in [1.165, 1.54) is 6.07 Å². The molecule has 0 unspecified atom stereocenters. The van der Waals surface area contributed by atoms with Crippen LogP contribution in [0.3, 0.4) is 0 Å². The number of rotatable bonds is 0. The molecule has 0 bridgehead atoms. The van der Waals surface area contributed by atoms with E-state index in [1.807, 2.05) is 6.07 Å². The van der Waals surface area contributed by atoms with E-state index in [0.29, 0.717) is 10.9 Å². The van der Waals surface area contributed by atoms with Gasteiger partial charge in [0.15, 0.2) is 11.6 Å². The van der Waals surface area contributed by atoms with Crippen LogP contribution in [0, 0.1) is 0 Å². The topological polar surface area (TPSA) is 54.4 Å². The van der Waals surface area contributed by atoms with E-state index in [-0.39, 0.29) is 29.3 Å². The Morgan fingerprint density at radius 1 is 1.00 bits per heavy atom. The molecule has 3 heteroatoms. The number of hydrogen-bond acceptors (Lipinski definition) is 3. The van der Waals surface area contributed by atoms with Crippen LogP contribution >= 0.6 is 0 Å². The molecule has 0 aliphatic heterocycles. The lowest BCUT2D eigenvalue weighted by Crippen LogP contribution is -2.16. The summed E-state index contributed by atoms with van der Waals surface area (Å²) in [4.78, 5) is 23.4. The number of carbonyl (C=O) groups excluding carboxylic acids is 2. The molecule has 0 aromatic heterocycles. The zero-order valence-corrected chi connectivity index (χ0v) is 8.36. The Kier molecular flexibility index (Phi) is 1.66. The Morgan fingerprint density at radius 2 is 1.81 bits per heavy atom. The fourth-order valence-corrected chi connectivity index (χ4v) is 2.21. The number of Topliss-reactive ketones (excluding diaryl/α,β-unsaturated/α-hetero) is 2. The number of aromatic hydroxyl groups is 1. The summed E-state index contributed by atoms with van der Waals surface area (Å²) < 4.78 is 0. The molecule has 0 amide bonds. The largest absolute Gasteiger partial charge is 0.507 e. The number of benzene rings is 2. The van der Waals surface area contributed by atoms with E-state index >= 15 is 0 Å². The zero-order valence-electron chi connectivity index (χ0n) is 8.36. The van der Waals surface area contributed by atoms with Crippen LogP contribution in [0.4, 0.5) is 0 Å². The molecule has 0 saturated carbocycles. The van der Waals surface area contributed by atoms with E-state index in [0.717, 1.165) is 5.39 Å². The molecule has 3 rings (SSSR count). The predicted octanol–water partition coefficient (Wildman–Crippen LogP) is 2.31. The van der Waals surface area contributed by atoms with Crippen molar-refractivity contribution in [1.29, 1.82) is 0 Å². The van der Waals surface area contributed by atoms with Crippen molar-refractivity contribution in [3.63, 3.8) is 0 Å². The van der Waals surface area contributed by atoms with Gasteiger partial charge in [-0.05, 0) is 11.5 Å². The van der Waals surface area contributed by atoms with Gasteiger partial charge in [-0.25, -0.2) is 0 Å². The highest BCUT2D eigenvalue weighted by molar-refractivity contribution is 6.28. The molecule has 16 heavy (non-hydrogen) atoms. The first-order valence-corrected chi connectivity index (χ1v) is 4.99. The summed E-state index contributed by atoms with van der Waals surface area (Å²) in [5.41, 5.74) is 0.815. The molecule has 1 N–H and O–H groups in total. The Balaban J connectivity index is 2.58. The molecule has 0 saturated heterocycles. The van der Waals surface area contributed by atoms with Crippen LogP contribution in [0.15, 0.2) is 30.3 Å². The fraction of sp³-hybridized carbons (Fsp3) is 0.0769. The molecule has 1 aliphatic rings. The van der Waals surface area contributed by atoms with Crippen LogP contribution in [0.5, 0.6) is 5.75 Å². The van der Waals surface area contributed by atoms with Crippen LogP contribution in [0.25, 0.3) is 10.8 Å². The number of carbonyl (C=O) groups is 2. The molecule has 78 valence electrons. The molecule has 0 radical (unpaired) electrons. The second kappa shape index (κ2) is 2.92. The lowest BCUT2D eigenvalue weighted by molar-refractivity contribution is 0.0889. The van der Waals surface area contributed by atoms with Gasteiger partial charge >= 0.3 is 0 Å². The van der Waals surface area contributed by atoms with Gasteiger partial charge in [-0.2, -0.15) is 0 Å². The fourth-order valence-electron chi connectivity index (χ4n) is 2.21. The van der Waals surface area contributed by atoms with E-state index in [4.69, 9.17) is 0 Å². The Morgan fingerprint density at radius 3 is 2.62 bits per heavy atom. The van der Waals surface area contributed by atoms with E-state index in [1.54, 1.807) is 18.2 Å². The molecule has 0 fully saturated rings. The van der Waals surface area contributed by atoms with Gasteiger partial charge in [0.25, 0.3) is 0 Å². The molecule has 3 nitrogen and oxygen atoms in total. The third-order valence-electron chi connectivity index (χ3n) is 2.92. The highest BCUT2D eigenvalue weighted by atomic mass is 16.3. The first-order chi connectivity index (χ1) is 7.68. The van der Waals surface area contributed by atoms with Gasteiger partial charge in [-0.1, -0.05) is 24.3 Å². The molecular formula is C13H8O3. The summed E-state index contributed by atoms with van der Waals surface area (Å²) >= 11 is 0. The first-order valence-electron chi connectivity index (χ1n) is 4.99. The van der Waals surface area contributed by atoms with E-state index < -0.39 is 0 Å². The minimum atomic E-state index is -0.299. The van der Waals surface area contributed by atoms with E-state index in [2.05, 4.69) is 0 Å². The number of hydrogen-bond donors (Lipinski definition) is 1. The van der Waals surface area contributed by atoms with Crippen LogP contribution in [0.1, 0.15) is 27.1 Å². The molecule has 2 aromatic rings. The van der Waals surface area contributed by atoms with Crippen molar-refractivity contribution in [2.24, 2.45) is 0 Å². The maximum Gasteiger partial charge on any atom is 0.174 e. The predicted molar refractivity (Wildman–Crippen MR) is 58.9 cm³/mol. The third-order valence-corrected chi connectivity index (χ3v) is 2.92. The average Bonchev–Trinajstić information content (AvgIpc) is 2.26. The van der Waals surface area contributed by atoms with Gasteiger partial charge in [0.2, 0.25) is 0 Å². The summed E-state index contributed by atoms with van der Waals surface area (Å²) in [5.74, 6) is -0.516. The van der Waals surface area contributed by atoms with Crippen molar-refractivity contribution < 1.29 is 14.7 Å². The van der Waals surface area contributed by atoms with Crippen molar-refractivity contribution >= 4 is 22.3 Å². The lowest BCUT2D eigenvalue weighted by atomic mass is 9.86. The summed E-state index contributed by atoms with van der Waals surface area (Å²) in [6, 6.07) is 8.51. The van der Waals surface area contributed by atoms with Crippen LogP contribution in [0.2, 0.25) is 0 Å². The minimum absolute atomic E-state index is 0.0440. The molecule has 0 spiro atoms. The molecule has 2 aromatic carbocycles. The summed E-state index contributed by atoms with van der Waals surface area (Å²) in [6.07, 6.45) is -0.149. The Bertz CT molecular complexity index is 641. The summed E-state index contributed by atoms with van der Waals surface area (Å²) in [7, 11) is 0. The summed E-state index contributed by atoms with van der Waals surface area (Å²) in [5, 5.41) is 11.1. The molecule has 0 heterocycles. The average molecular weight is 212 g/mol. The van der Waals surface area contributed by atoms with Crippen molar-refractivity contribution in [2.75, 3.05) is 0 Å². The minimum Gasteiger partial charge on any atom is -0.507 e. The molecule has 0 atom stereocenters. The van der Waals surface area contributed by atoms with Crippen molar-refractivity contribution in [2.45, 2.75) is 6.42 Å². The SMILES string of the molecule is O=C1CC(=O)c2c(O)ccc3cccc1c23. The monoisotopic (exact) mass is 212 g/mol. The van der Waals surface area contributed by atoms with Gasteiger partial charge in [0.05, 0.1) is 12.0 Å². The Labute approximate surface area is 91.3 Å². The highest BCUT2D eigenvalue weighted by Crippen LogP contribution is 2.34. The molecule has 1 aliphatic carbocycles. The first kappa shape index (κ1) is 9.09. The maximum absolute atomic E-state index is 11.7. The smallest absolute Gasteiger partial charge is 0.174 e. The Hall–Kier alpha value is -2.16. The van der Waals surface area contributed by atoms with Crippen LogP contribution in [-0.2, 0) is 0 Å². The normalized spacial score (nSPS) is 14.5. The number of ketones is 2. The van der Waals surface area contributed by atoms with Crippen molar-refractivity contribution in [1.82, 2.24) is 0 Å². The molecular weight excluding hydrogens is 204 g/mol. The van der Waals surface area contributed by atoms with Crippen LogP contribution < -0.4 is 0 Å². The van der Waals surface area contributed by atoms with Gasteiger partial charge in [0.1, 0.15) is 5.75 Å². The zero-order chi connectivity index (χ0) is 11.3. The highest BCUT2D eigenvalue weighted by Gasteiger charge is 2.27. The van der Waals surface area contributed by atoms with Gasteiger partial charge in [-0.3, -0.25) is 9.59 Å². The third kappa shape index (κ3) is 1.03. The lowest BCUT2D eigenvalue weighted by Gasteiger charge is -2.16. The second-order valence-corrected chi connectivity index (χ2v) is 3.89.